The maximum absolute atomic E-state index is 11.1. The van der Waals surface area contributed by atoms with Crippen LogP contribution in [0.2, 0.25) is 0 Å². The highest BCUT2D eigenvalue weighted by Crippen LogP contribution is 2.46. The van der Waals surface area contributed by atoms with Crippen molar-refractivity contribution in [3.8, 4) is 0 Å². The highest BCUT2D eigenvalue weighted by atomic mass is 16.3. The molecule has 0 radical (unpaired) electrons. The van der Waals surface area contributed by atoms with Crippen LogP contribution in [0.1, 0.15) is 36.0 Å². The van der Waals surface area contributed by atoms with Crippen molar-refractivity contribution in [3.05, 3.63) is 34.9 Å². The Bertz CT molecular complexity index is 450. The van der Waals surface area contributed by atoms with Gasteiger partial charge in [-0.2, -0.15) is 0 Å². The lowest BCUT2D eigenvalue weighted by Crippen LogP contribution is -2.39. The number of hydrogen-bond donors (Lipinski definition) is 1. The van der Waals surface area contributed by atoms with Crippen LogP contribution in [-0.4, -0.2) is 30.6 Å². The minimum Gasteiger partial charge on any atom is -0.384 e. The van der Waals surface area contributed by atoms with E-state index >= 15 is 0 Å². The van der Waals surface area contributed by atoms with Crippen molar-refractivity contribution in [2.45, 2.75) is 37.7 Å². The number of rotatable bonds is 4. The van der Waals surface area contributed by atoms with Crippen molar-refractivity contribution >= 4 is 0 Å². The smallest absolute Gasteiger partial charge is 0.105 e. The summed E-state index contributed by atoms with van der Waals surface area (Å²) in [5.41, 5.74) is 3.45. The lowest BCUT2D eigenvalue weighted by atomic mass is 9.86. The molecule has 0 spiro atoms. The van der Waals surface area contributed by atoms with Gasteiger partial charge in [0.1, 0.15) is 5.60 Å². The summed E-state index contributed by atoms with van der Waals surface area (Å²) in [4.78, 5) is 2.10. The molecule has 2 aliphatic rings. The second-order valence-corrected chi connectivity index (χ2v) is 6.27. The summed E-state index contributed by atoms with van der Waals surface area (Å²) < 4.78 is 0. The fraction of sp³-hybridized carbons (Fsp3) is 0.625. The summed E-state index contributed by atoms with van der Waals surface area (Å²) >= 11 is 0. The molecule has 1 N–H and O–H groups in total. The summed E-state index contributed by atoms with van der Waals surface area (Å²) in [6, 6.07) is 6.66. The van der Waals surface area contributed by atoms with Crippen LogP contribution in [0.4, 0.5) is 0 Å². The van der Waals surface area contributed by atoms with Gasteiger partial charge in [-0.05, 0) is 68.8 Å². The van der Waals surface area contributed by atoms with E-state index in [0.717, 1.165) is 12.1 Å². The first-order valence-electron chi connectivity index (χ1n) is 7.09. The van der Waals surface area contributed by atoms with E-state index in [4.69, 9.17) is 0 Å². The Morgan fingerprint density at radius 3 is 2.61 bits per heavy atom. The van der Waals surface area contributed by atoms with E-state index in [0.29, 0.717) is 5.92 Å². The van der Waals surface area contributed by atoms with Crippen LogP contribution in [0.25, 0.3) is 0 Å². The molecule has 3 rings (SSSR count). The Balaban J connectivity index is 1.94. The summed E-state index contributed by atoms with van der Waals surface area (Å²) in [5, 5.41) is 11.1. The molecule has 98 valence electrons. The maximum atomic E-state index is 11.1. The molecule has 2 heteroatoms. The molecule has 1 atom stereocenters. The molecule has 1 saturated carbocycles. The van der Waals surface area contributed by atoms with Gasteiger partial charge >= 0.3 is 0 Å². The van der Waals surface area contributed by atoms with Gasteiger partial charge in [-0.15, -0.1) is 0 Å². The third-order valence-corrected chi connectivity index (χ3v) is 4.41. The molecule has 2 nitrogen and oxygen atoms in total. The number of fused-ring (bicyclic) bond motifs is 1. The monoisotopic (exact) mass is 245 g/mol. The fourth-order valence-corrected chi connectivity index (χ4v) is 3.34. The number of likely N-dealkylation sites (N-methyl/N-ethyl adjacent to an activating group) is 1. The van der Waals surface area contributed by atoms with Crippen molar-refractivity contribution in [2.24, 2.45) is 5.92 Å². The molecular formula is C16H23NO. The van der Waals surface area contributed by atoms with Gasteiger partial charge < -0.3 is 10.0 Å². The zero-order valence-corrected chi connectivity index (χ0v) is 11.4. The number of hydrogen-bond acceptors (Lipinski definition) is 2. The SMILES string of the molecule is CN(C)CC(O)(c1ccc2c(c1)CCC2)C1CC1. The van der Waals surface area contributed by atoms with Crippen LogP contribution in [0, 0.1) is 5.92 Å². The van der Waals surface area contributed by atoms with Gasteiger partial charge in [-0.3, -0.25) is 0 Å². The second kappa shape index (κ2) is 4.36. The molecule has 1 unspecified atom stereocenters. The summed E-state index contributed by atoms with van der Waals surface area (Å²) in [7, 11) is 4.08. The molecule has 0 heterocycles. The van der Waals surface area contributed by atoms with Gasteiger partial charge in [-0.1, -0.05) is 18.2 Å². The Morgan fingerprint density at radius 2 is 1.94 bits per heavy atom. The van der Waals surface area contributed by atoms with E-state index in [2.05, 4.69) is 23.1 Å². The lowest BCUT2D eigenvalue weighted by molar-refractivity contribution is -0.0100. The molecule has 0 aliphatic heterocycles. The minimum atomic E-state index is -0.638. The molecular weight excluding hydrogens is 222 g/mol. The molecule has 0 saturated heterocycles. The number of aryl methyl sites for hydroxylation is 2. The standard InChI is InChI=1S/C16H23NO/c1-17(2)11-16(18,14-8-9-14)15-7-6-12-4-3-5-13(12)10-15/h6-7,10,14,18H,3-5,8-9,11H2,1-2H3. The zero-order valence-electron chi connectivity index (χ0n) is 11.4. The Hall–Kier alpha value is -0.860. The fourth-order valence-electron chi connectivity index (χ4n) is 3.34. The van der Waals surface area contributed by atoms with E-state index in [1.165, 1.54) is 43.2 Å². The van der Waals surface area contributed by atoms with Crippen LogP contribution in [0.15, 0.2) is 18.2 Å². The quantitative estimate of drug-likeness (QED) is 0.880. The van der Waals surface area contributed by atoms with Crippen LogP contribution in [-0.2, 0) is 18.4 Å². The van der Waals surface area contributed by atoms with Gasteiger partial charge in [0, 0.05) is 6.54 Å². The van der Waals surface area contributed by atoms with Crippen molar-refractivity contribution in [1.82, 2.24) is 4.90 Å². The summed E-state index contributed by atoms with van der Waals surface area (Å²) in [5.74, 6) is 0.458. The van der Waals surface area contributed by atoms with E-state index in [1.807, 2.05) is 14.1 Å². The lowest BCUT2D eigenvalue weighted by Gasteiger charge is -2.32. The molecule has 0 aromatic heterocycles. The van der Waals surface area contributed by atoms with Gasteiger partial charge in [0.25, 0.3) is 0 Å². The molecule has 1 fully saturated rings. The Morgan fingerprint density at radius 1 is 1.22 bits per heavy atom. The minimum absolute atomic E-state index is 0.458. The number of nitrogens with zero attached hydrogens (tertiary/aromatic N) is 1. The first kappa shape index (κ1) is 12.2. The highest BCUT2D eigenvalue weighted by Gasteiger charge is 2.45. The molecule has 0 amide bonds. The van der Waals surface area contributed by atoms with Crippen molar-refractivity contribution < 1.29 is 5.11 Å². The van der Waals surface area contributed by atoms with Gasteiger partial charge in [0.05, 0.1) is 0 Å². The molecule has 2 aliphatic carbocycles. The zero-order chi connectivity index (χ0) is 12.8. The highest BCUT2D eigenvalue weighted by molar-refractivity contribution is 5.38. The van der Waals surface area contributed by atoms with Crippen LogP contribution in [0.5, 0.6) is 0 Å². The number of aliphatic hydroxyl groups is 1. The predicted molar refractivity (Wildman–Crippen MR) is 73.6 cm³/mol. The molecule has 1 aromatic rings. The Labute approximate surface area is 110 Å². The normalized spacial score (nSPS) is 22.0. The van der Waals surface area contributed by atoms with E-state index in [1.54, 1.807) is 0 Å². The first-order chi connectivity index (χ1) is 8.59. The Kier molecular flexibility index (Phi) is 2.95. The van der Waals surface area contributed by atoms with Crippen LogP contribution < -0.4 is 0 Å². The van der Waals surface area contributed by atoms with Crippen molar-refractivity contribution in [2.75, 3.05) is 20.6 Å². The summed E-state index contributed by atoms with van der Waals surface area (Å²) in [6.45, 7) is 0.733. The molecule has 0 bridgehead atoms. The third-order valence-electron chi connectivity index (χ3n) is 4.41. The topological polar surface area (TPSA) is 23.5 Å². The van der Waals surface area contributed by atoms with Gasteiger partial charge in [0.2, 0.25) is 0 Å². The first-order valence-corrected chi connectivity index (χ1v) is 7.09. The van der Waals surface area contributed by atoms with Crippen LogP contribution in [0.3, 0.4) is 0 Å². The average molecular weight is 245 g/mol. The average Bonchev–Trinajstić information content (AvgIpc) is 3.07. The second-order valence-electron chi connectivity index (χ2n) is 6.27. The summed E-state index contributed by atoms with van der Waals surface area (Å²) in [6.07, 6.45) is 6.01. The molecule has 1 aromatic carbocycles. The van der Waals surface area contributed by atoms with Crippen LogP contribution >= 0.6 is 0 Å². The van der Waals surface area contributed by atoms with Crippen molar-refractivity contribution in [1.29, 1.82) is 0 Å². The largest absolute Gasteiger partial charge is 0.384 e. The number of benzene rings is 1. The van der Waals surface area contributed by atoms with E-state index in [9.17, 15) is 5.11 Å². The van der Waals surface area contributed by atoms with E-state index in [-0.39, 0.29) is 0 Å². The van der Waals surface area contributed by atoms with Gasteiger partial charge in [-0.25, -0.2) is 0 Å². The maximum Gasteiger partial charge on any atom is 0.105 e. The predicted octanol–water partition coefficient (Wildman–Crippen LogP) is 2.33. The third kappa shape index (κ3) is 2.08. The van der Waals surface area contributed by atoms with Gasteiger partial charge in [0.15, 0.2) is 0 Å². The van der Waals surface area contributed by atoms with E-state index < -0.39 is 5.60 Å². The molecule has 18 heavy (non-hydrogen) atoms. The van der Waals surface area contributed by atoms with Crippen molar-refractivity contribution in [3.63, 3.8) is 0 Å².